The minimum Gasteiger partial charge on any atom is -0.366 e. The maximum absolute atomic E-state index is 10.4. The van der Waals surface area contributed by atoms with Crippen LogP contribution in [-0.2, 0) is 4.79 Å². The van der Waals surface area contributed by atoms with Crippen LogP contribution in [0.25, 0.3) is 0 Å². The summed E-state index contributed by atoms with van der Waals surface area (Å²) in [6, 6.07) is 0. The minimum atomic E-state index is -0.368. The number of amides is 1. The molecule has 2 heteroatoms. The van der Waals surface area contributed by atoms with Crippen LogP contribution >= 0.6 is 0 Å². The highest BCUT2D eigenvalue weighted by Gasteiger charge is 2.12. The van der Waals surface area contributed by atoms with Gasteiger partial charge in [-0.3, -0.25) is 4.79 Å². The van der Waals surface area contributed by atoms with Crippen LogP contribution < -0.4 is 5.73 Å². The lowest BCUT2D eigenvalue weighted by Gasteiger charge is -2.18. The summed E-state index contributed by atoms with van der Waals surface area (Å²) >= 11 is 0. The lowest BCUT2D eigenvalue weighted by Crippen LogP contribution is -2.13. The SMILES string of the molecule is C/C(=C\C(N)=O)C(C)(C)C. The van der Waals surface area contributed by atoms with E-state index in [4.69, 9.17) is 5.73 Å². The summed E-state index contributed by atoms with van der Waals surface area (Å²) in [7, 11) is 0. The fourth-order valence-corrected chi connectivity index (χ4v) is 0.430. The van der Waals surface area contributed by atoms with E-state index in [0.29, 0.717) is 0 Å². The van der Waals surface area contributed by atoms with E-state index >= 15 is 0 Å². The van der Waals surface area contributed by atoms with Crippen molar-refractivity contribution < 1.29 is 4.79 Å². The summed E-state index contributed by atoms with van der Waals surface area (Å²) < 4.78 is 0. The highest BCUT2D eigenvalue weighted by Crippen LogP contribution is 2.23. The lowest BCUT2D eigenvalue weighted by atomic mass is 9.87. The quantitative estimate of drug-likeness (QED) is 0.552. The second-order valence-corrected chi connectivity index (χ2v) is 3.48. The molecule has 0 saturated carbocycles. The zero-order valence-electron chi connectivity index (χ0n) is 7.06. The third-order valence-electron chi connectivity index (χ3n) is 1.54. The molecule has 1 amide bonds. The van der Waals surface area contributed by atoms with Gasteiger partial charge in [-0.25, -0.2) is 0 Å². The fraction of sp³-hybridized carbons (Fsp3) is 0.625. The van der Waals surface area contributed by atoms with Crippen LogP contribution in [0.2, 0.25) is 0 Å². The Bertz CT molecular complexity index is 163. The third kappa shape index (κ3) is 3.28. The van der Waals surface area contributed by atoms with Crippen molar-refractivity contribution in [1.29, 1.82) is 0 Å². The van der Waals surface area contributed by atoms with Gasteiger partial charge in [0, 0.05) is 6.08 Å². The van der Waals surface area contributed by atoms with Crippen molar-refractivity contribution in [3.63, 3.8) is 0 Å². The second-order valence-electron chi connectivity index (χ2n) is 3.48. The molecule has 0 aromatic rings. The molecule has 0 aliphatic carbocycles. The van der Waals surface area contributed by atoms with Gasteiger partial charge in [0.25, 0.3) is 0 Å². The van der Waals surface area contributed by atoms with Crippen LogP contribution in [0.15, 0.2) is 11.6 Å². The van der Waals surface area contributed by atoms with Crippen molar-refractivity contribution in [2.45, 2.75) is 27.7 Å². The lowest BCUT2D eigenvalue weighted by molar-refractivity contribution is -0.113. The monoisotopic (exact) mass is 141 g/mol. The number of rotatable bonds is 1. The molecule has 0 aromatic heterocycles. The molecule has 0 atom stereocenters. The number of carbonyl (C=O) groups excluding carboxylic acids is 1. The Kier molecular flexibility index (Phi) is 2.64. The first-order valence-corrected chi connectivity index (χ1v) is 3.32. The molecule has 0 spiro atoms. The third-order valence-corrected chi connectivity index (χ3v) is 1.54. The van der Waals surface area contributed by atoms with Crippen LogP contribution in [0.5, 0.6) is 0 Å². The molecule has 0 fully saturated rings. The van der Waals surface area contributed by atoms with Gasteiger partial charge in [-0.15, -0.1) is 0 Å². The number of carbonyl (C=O) groups is 1. The predicted molar refractivity (Wildman–Crippen MR) is 42.4 cm³/mol. The van der Waals surface area contributed by atoms with E-state index in [0.717, 1.165) is 5.57 Å². The van der Waals surface area contributed by atoms with Gasteiger partial charge < -0.3 is 5.73 Å². The van der Waals surface area contributed by atoms with Gasteiger partial charge in [0.05, 0.1) is 0 Å². The largest absolute Gasteiger partial charge is 0.366 e. The van der Waals surface area contributed by atoms with E-state index in [1.807, 2.05) is 27.7 Å². The van der Waals surface area contributed by atoms with Gasteiger partial charge >= 0.3 is 0 Å². The molecule has 2 N–H and O–H groups in total. The molecule has 10 heavy (non-hydrogen) atoms. The second kappa shape index (κ2) is 2.86. The fourth-order valence-electron chi connectivity index (χ4n) is 0.430. The molecule has 0 unspecified atom stereocenters. The molecular weight excluding hydrogens is 126 g/mol. The Morgan fingerprint density at radius 1 is 1.40 bits per heavy atom. The number of hydrogen-bond acceptors (Lipinski definition) is 1. The first-order chi connectivity index (χ1) is 4.34. The highest BCUT2D eigenvalue weighted by atomic mass is 16.1. The Balaban J connectivity index is 4.35. The molecule has 0 aliphatic rings. The normalized spacial score (nSPS) is 13.4. The number of hydrogen-bond donors (Lipinski definition) is 1. The number of primary amides is 1. The van der Waals surface area contributed by atoms with E-state index in [1.54, 1.807) is 0 Å². The maximum Gasteiger partial charge on any atom is 0.241 e. The van der Waals surface area contributed by atoms with E-state index in [1.165, 1.54) is 6.08 Å². The molecular formula is C8H15NO. The Morgan fingerprint density at radius 2 is 1.80 bits per heavy atom. The van der Waals surface area contributed by atoms with Crippen LogP contribution in [0, 0.1) is 5.41 Å². The Morgan fingerprint density at radius 3 is 1.90 bits per heavy atom. The van der Waals surface area contributed by atoms with Gasteiger partial charge in [0.1, 0.15) is 0 Å². The molecule has 0 bridgehead atoms. The van der Waals surface area contributed by atoms with E-state index < -0.39 is 0 Å². The standard InChI is InChI=1S/C8H15NO/c1-6(5-7(9)10)8(2,3)4/h5H,1-4H3,(H2,9,10)/b6-5+. The average molecular weight is 141 g/mol. The molecule has 58 valence electrons. The summed E-state index contributed by atoms with van der Waals surface area (Å²) in [6.45, 7) is 8.04. The van der Waals surface area contributed by atoms with Crippen molar-refractivity contribution in [3.8, 4) is 0 Å². The van der Waals surface area contributed by atoms with Crippen LogP contribution in [-0.4, -0.2) is 5.91 Å². The minimum absolute atomic E-state index is 0.0506. The molecule has 0 saturated heterocycles. The summed E-state index contributed by atoms with van der Waals surface area (Å²) in [5.41, 5.74) is 6.04. The van der Waals surface area contributed by atoms with E-state index in [9.17, 15) is 4.79 Å². The first-order valence-electron chi connectivity index (χ1n) is 3.32. The predicted octanol–water partition coefficient (Wildman–Crippen LogP) is 1.46. The summed E-state index contributed by atoms with van der Waals surface area (Å²) in [5, 5.41) is 0. The van der Waals surface area contributed by atoms with E-state index in [2.05, 4.69) is 0 Å². The van der Waals surface area contributed by atoms with Gasteiger partial charge in [0.15, 0.2) is 0 Å². The molecule has 0 aromatic carbocycles. The maximum atomic E-state index is 10.4. The number of nitrogens with two attached hydrogens (primary N) is 1. The van der Waals surface area contributed by atoms with Crippen LogP contribution in [0.4, 0.5) is 0 Å². The van der Waals surface area contributed by atoms with Crippen LogP contribution in [0.3, 0.4) is 0 Å². The highest BCUT2D eigenvalue weighted by molar-refractivity contribution is 5.86. The van der Waals surface area contributed by atoms with Gasteiger partial charge in [0.2, 0.25) is 5.91 Å². The molecule has 0 radical (unpaired) electrons. The van der Waals surface area contributed by atoms with Crippen molar-refractivity contribution in [2.75, 3.05) is 0 Å². The topological polar surface area (TPSA) is 43.1 Å². The molecule has 2 nitrogen and oxygen atoms in total. The first kappa shape index (κ1) is 9.21. The van der Waals surface area contributed by atoms with Crippen LogP contribution in [0.1, 0.15) is 27.7 Å². The average Bonchev–Trinajstić information content (AvgIpc) is 1.60. The molecule has 0 aliphatic heterocycles. The molecule has 0 heterocycles. The summed E-state index contributed by atoms with van der Waals surface area (Å²) in [5.74, 6) is -0.368. The Hall–Kier alpha value is -0.790. The van der Waals surface area contributed by atoms with Gasteiger partial charge in [-0.05, 0) is 12.3 Å². The Labute approximate surface area is 62.1 Å². The van der Waals surface area contributed by atoms with Crippen molar-refractivity contribution >= 4 is 5.91 Å². The zero-order valence-corrected chi connectivity index (χ0v) is 7.06. The summed E-state index contributed by atoms with van der Waals surface area (Å²) in [4.78, 5) is 10.4. The smallest absolute Gasteiger partial charge is 0.241 e. The zero-order chi connectivity index (χ0) is 8.36. The van der Waals surface area contributed by atoms with Gasteiger partial charge in [-0.1, -0.05) is 26.3 Å². The summed E-state index contributed by atoms with van der Waals surface area (Å²) in [6.07, 6.45) is 1.47. The van der Waals surface area contributed by atoms with Gasteiger partial charge in [-0.2, -0.15) is 0 Å². The van der Waals surface area contributed by atoms with Crippen molar-refractivity contribution in [1.82, 2.24) is 0 Å². The van der Waals surface area contributed by atoms with E-state index in [-0.39, 0.29) is 11.3 Å². The molecule has 0 rings (SSSR count). The van der Waals surface area contributed by atoms with Crippen molar-refractivity contribution in [2.24, 2.45) is 11.1 Å². The number of allylic oxidation sites excluding steroid dienone is 1. The van der Waals surface area contributed by atoms with Crippen molar-refractivity contribution in [3.05, 3.63) is 11.6 Å².